The average molecular weight is 319 g/mol. The van der Waals surface area contributed by atoms with Crippen LogP contribution < -0.4 is 10.1 Å². The summed E-state index contributed by atoms with van der Waals surface area (Å²) in [6.45, 7) is 3.81. The molecule has 7 heteroatoms. The molecular formula is C16H21N3O4. The van der Waals surface area contributed by atoms with Crippen LogP contribution in [0.1, 0.15) is 17.3 Å². The van der Waals surface area contributed by atoms with Crippen LogP contribution >= 0.6 is 0 Å². The first-order valence-corrected chi connectivity index (χ1v) is 7.83. The number of likely N-dealkylation sites (tertiary alicyclic amines) is 1. The summed E-state index contributed by atoms with van der Waals surface area (Å²) in [6, 6.07) is 6.81. The SMILES string of the molecule is CCOc1ccccc1C(=O)N1CC(N2CC(CO)NC2=O)C1. The Morgan fingerprint density at radius 1 is 1.35 bits per heavy atom. The van der Waals surface area contributed by atoms with Gasteiger partial charge in [0.25, 0.3) is 5.91 Å². The first kappa shape index (κ1) is 15.6. The highest BCUT2D eigenvalue weighted by atomic mass is 16.5. The second kappa shape index (κ2) is 6.45. The third-order valence-electron chi connectivity index (χ3n) is 4.23. The van der Waals surface area contributed by atoms with Crippen molar-refractivity contribution in [3.8, 4) is 5.75 Å². The molecule has 2 aliphatic rings. The number of nitrogens with zero attached hydrogens (tertiary/aromatic N) is 2. The number of hydrogen-bond acceptors (Lipinski definition) is 4. The zero-order chi connectivity index (χ0) is 16.4. The molecule has 7 nitrogen and oxygen atoms in total. The molecule has 2 N–H and O–H groups in total. The van der Waals surface area contributed by atoms with E-state index in [0.29, 0.717) is 37.6 Å². The van der Waals surface area contributed by atoms with Gasteiger partial charge in [0.05, 0.1) is 30.9 Å². The van der Waals surface area contributed by atoms with Gasteiger partial charge in [0.15, 0.2) is 0 Å². The zero-order valence-corrected chi connectivity index (χ0v) is 13.1. The predicted octanol–water partition coefficient (Wildman–Crippen LogP) is 0.296. The minimum atomic E-state index is -0.217. The summed E-state index contributed by atoms with van der Waals surface area (Å²) in [5.74, 6) is 0.506. The van der Waals surface area contributed by atoms with E-state index >= 15 is 0 Å². The Morgan fingerprint density at radius 2 is 2.09 bits per heavy atom. The number of ether oxygens (including phenoxy) is 1. The van der Waals surface area contributed by atoms with Crippen LogP contribution in [0.5, 0.6) is 5.75 Å². The van der Waals surface area contributed by atoms with Crippen LogP contribution in [-0.2, 0) is 0 Å². The normalized spacial score (nSPS) is 21.1. The lowest BCUT2D eigenvalue weighted by molar-refractivity contribution is 0.0393. The third-order valence-corrected chi connectivity index (χ3v) is 4.23. The molecule has 0 aromatic heterocycles. The molecule has 1 unspecified atom stereocenters. The van der Waals surface area contributed by atoms with Crippen molar-refractivity contribution >= 4 is 11.9 Å². The average Bonchev–Trinajstić information content (AvgIpc) is 2.88. The topological polar surface area (TPSA) is 82.1 Å². The van der Waals surface area contributed by atoms with Crippen LogP contribution in [0.15, 0.2) is 24.3 Å². The van der Waals surface area contributed by atoms with Crippen molar-refractivity contribution < 1.29 is 19.4 Å². The van der Waals surface area contributed by atoms with Gasteiger partial charge in [0, 0.05) is 19.6 Å². The summed E-state index contributed by atoms with van der Waals surface area (Å²) in [5.41, 5.74) is 0.548. The van der Waals surface area contributed by atoms with Gasteiger partial charge in [-0.05, 0) is 19.1 Å². The monoisotopic (exact) mass is 319 g/mol. The van der Waals surface area contributed by atoms with E-state index in [1.165, 1.54) is 0 Å². The standard InChI is InChI=1S/C16H21N3O4/c1-2-23-14-6-4-3-5-13(14)15(21)18-8-12(9-18)19-7-11(10-20)17-16(19)22/h3-6,11-12,20H,2,7-10H2,1H3,(H,17,22). The quantitative estimate of drug-likeness (QED) is 0.817. The third kappa shape index (κ3) is 2.96. The fourth-order valence-electron chi connectivity index (χ4n) is 2.96. The number of aliphatic hydroxyl groups is 1. The summed E-state index contributed by atoms with van der Waals surface area (Å²) < 4.78 is 5.50. The molecule has 0 bridgehead atoms. The number of rotatable bonds is 5. The van der Waals surface area contributed by atoms with Crippen LogP contribution in [0.2, 0.25) is 0 Å². The number of benzene rings is 1. The van der Waals surface area contributed by atoms with Crippen LogP contribution in [-0.4, -0.2) is 71.8 Å². The molecule has 0 radical (unpaired) electrons. The number of hydrogen-bond donors (Lipinski definition) is 2. The van der Waals surface area contributed by atoms with E-state index in [-0.39, 0.29) is 30.6 Å². The Morgan fingerprint density at radius 3 is 2.74 bits per heavy atom. The fourth-order valence-corrected chi connectivity index (χ4v) is 2.96. The summed E-state index contributed by atoms with van der Waals surface area (Å²) in [4.78, 5) is 27.8. The van der Waals surface area contributed by atoms with Gasteiger partial charge in [-0.15, -0.1) is 0 Å². The lowest BCUT2D eigenvalue weighted by Gasteiger charge is -2.43. The lowest BCUT2D eigenvalue weighted by Crippen LogP contribution is -2.61. The zero-order valence-electron chi connectivity index (χ0n) is 13.1. The molecule has 1 atom stereocenters. The van der Waals surface area contributed by atoms with Gasteiger partial charge < -0.3 is 25.0 Å². The Labute approximate surface area is 134 Å². The van der Waals surface area contributed by atoms with E-state index in [1.807, 2.05) is 19.1 Å². The van der Waals surface area contributed by atoms with Crippen molar-refractivity contribution in [3.63, 3.8) is 0 Å². The van der Waals surface area contributed by atoms with E-state index < -0.39 is 0 Å². The number of urea groups is 1. The van der Waals surface area contributed by atoms with Crippen molar-refractivity contribution in [2.24, 2.45) is 0 Å². The Bertz CT molecular complexity index is 601. The van der Waals surface area contributed by atoms with Crippen molar-refractivity contribution in [2.75, 3.05) is 32.8 Å². The molecule has 3 amide bonds. The van der Waals surface area contributed by atoms with E-state index in [9.17, 15) is 9.59 Å². The molecular weight excluding hydrogens is 298 g/mol. The second-order valence-electron chi connectivity index (χ2n) is 5.77. The van der Waals surface area contributed by atoms with E-state index in [1.54, 1.807) is 21.9 Å². The number of para-hydroxylation sites is 1. The lowest BCUT2D eigenvalue weighted by atomic mass is 10.0. The molecule has 1 aromatic carbocycles. The number of nitrogens with one attached hydrogen (secondary N) is 1. The van der Waals surface area contributed by atoms with Crippen molar-refractivity contribution in [2.45, 2.75) is 19.0 Å². The number of carbonyl (C=O) groups excluding carboxylic acids is 2. The molecule has 2 fully saturated rings. The summed E-state index contributed by atoms with van der Waals surface area (Å²) >= 11 is 0. The fraction of sp³-hybridized carbons (Fsp3) is 0.500. The number of aliphatic hydroxyl groups excluding tert-OH is 1. The second-order valence-corrected chi connectivity index (χ2v) is 5.77. The van der Waals surface area contributed by atoms with E-state index in [4.69, 9.17) is 9.84 Å². The minimum absolute atomic E-state index is 0.00903. The van der Waals surface area contributed by atoms with Gasteiger partial charge >= 0.3 is 6.03 Å². The molecule has 1 aromatic rings. The molecule has 0 aliphatic carbocycles. The molecule has 2 saturated heterocycles. The highest BCUT2D eigenvalue weighted by Gasteiger charge is 2.41. The largest absolute Gasteiger partial charge is 0.493 e. The van der Waals surface area contributed by atoms with Crippen molar-refractivity contribution in [3.05, 3.63) is 29.8 Å². The van der Waals surface area contributed by atoms with E-state index in [2.05, 4.69) is 5.32 Å². The Balaban J connectivity index is 1.61. The van der Waals surface area contributed by atoms with Crippen LogP contribution in [0, 0.1) is 0 Å². The maximum absolute atomic E-state index is 12.6. The molecule has 0 spiro atoms. The van der Waals surface area contributed by atoms with Gasteiger partial charge in [-0.25, -0.2) is 4.79 Å². The Hall–Kier alpha value is -2.28. The summed E-state index contributed by atoms with van der Waals surface area (Å²) in [6.07, 6.45) is 0. The smallest absolute Gasteiger partial charge is 0.318 e. The highest BCUT2D eigenvalue weighted by molar-refractivity contribution is 5.97. The molecule has 124 valence electrons. The van der Waals surface area contributed by atoms with Gasteiger partial charge in [-0.1, -0.05) is 12.1 Å². The first-order chi connectivity index (χ1) is 11.1. The highest BCUT2D eigenvalue weighted by Crippen LogP contribution is 2.25. The molecule has 2 heterocycles. The first-order valence-electron chi connectivity index (χ1n) is 7.83. The van der Waals surface area contributed by atoms with Crippen LogP contribution in [0.3, 0.4) is 0 Å². The minimum Gasteiger partial charge on any atom is -0.493 e. The molecule has 3 rings (SSSR count). The number of amides is 3. The van der Waals surface area contributed by atoms with E-state index in [0.717, 1.165) is 0 Å². The predicted molar refractivity (Wildman–Crippen MR) is 83.4 cm³/mol. The van der Waals surface area contributed by atoms with Gasteiger partial charge in [-0.2, -0.15) is 0 Å². The number of carbonyl (C=O) groups is 2. The Kier molecular flexibility index (Phi) is 4.38. The van der Waals surface area contributed by atoms with Crippen LogP contribution in [0.25, 0.3) is 0 Å². The van der Waals surface area contributed by atoms with Gasteiger partial charge in [0.1, 0.15) is 5.75 Å². The van der Waals surface area contributed by atoms with Gasteiger partial charge in [0.2, 0.25) is 0 Å². The summed E-state index contributed by atoms with van der Waals surface area (Å²) in [7, 11) is 0. The maximum atomic E-state index is 12.6. The van der Waals surface area contributed by atoms with Gasteiger partial charge in [-0.3, -0.25) is 4.79 Å². The molecule has 0 saturated carbocycles. The molecule has 2 aliphatic heterocycles. The molecule has 23 heavy (non-hydrogen) atoms. The van der Waals surface area contributed by atoms with Crippen molar-refractivity contribution in [1.29, 1.82) is 0 Å². The van der Waals surface area contributed by atoms with Crippen LogP contribution in [0.4, 0.5) is 4.79 Å². The maximum Gasteiger partial charge on any atom is 0.318 e. The summed E-state index contributed by atoms with van der Waals surface area (Å²) in [5, 5.41) is 11.8. The van der Waals surface area contributed by atoms with Crippen molar-refractivity contribution in [1.82, 2.24) is 15.1 Å².